The van der Waals surface area contributed by atoms with Gasteiger partial charge >= 0.3 is 0 Å². The molecule has 1 atom stereocenters. The lowest BCUT2D eigenvalue weighted by molar-refractivity contribution is -0.136. The number of imide groups is 1. The molecule has 0 bridgehead atoms. The van der Waals surface area contributed by atoms with Gasteiger partial charge in [0.15, 0.2) is 0 Å². The average Bonchev–Trinajstić information content (AvgIpc) is 2.95. The summed E-state index contributed by atoms with van der Waals surface area (Å²) in [5.74, 6) is 0.0528. The number of piperidine rings is 1. The molecule has 3 amide bonds. The van der Waals surface area contributed by atoms with Crippen LogP contribution in [0, 0.1) is 5.92 Å². The minimum Gasteiger partial charge on any atom is -0.382 e. The lowest BCUT2D eigenvalue weighted by Crippen LogP contribution is -2.52. The van der Waals surface area contributed by atoms with Crippen molar-refractivity contribution >= 4 is 23.4 Å². The van der Waals surface area contributed by atoms with Crippen LogP contribution in [0.1, 0.15) is 61.4 Å². The third kappa shape index (κ3) is 3.08. The number of hydrogen-bond donors (Lipinski definition) is 2. The Bertz CT molecular complexity index is 753. The predicted molar refractivity (Wildman–Crippen MR) is 97.5 cm³/mol. The summed E-state index contributed by atoms with van der Waals surface area (Å²) < 4.78 is 0. The highest BCUT2D eigenvalue weighted by atomic mass is 16.2. The van der Waals surface area contributed by atoms with Crippen LogP contribution in [0.4, 0.5) is 5.69 Å². The predicted octanol–water partition coefficient (Wildman–Crippen LogP) is 2.44. The maximum atomic E-state index is 12.8. The van der Waals surface area contributed by atoms with Crippen LogP contribution in [0.5, 0.6) is 0 Å². The van der Waals surface area contributed by atoms with E-state index >= 15 is 0 Å². The smallest absolute Gasteiger partial charge is 0.255 e. The zero-order chi connectivity index (χ0) is 18.3. The molecule has 6 heteroatoms. The van der Waals surface area contributed by atoms with Gasteiger partial charge in [-0.2, -0.15) is 0 Å². The molecule has 1 unspecified atom stereocenters. The Morgan fingerprint density at radius 2 is 1.85 bits per heavy atom. The van der Waals surface area contributed by atoms with E-state index in [1.54, 1.807) is 4.90 Å². The van der Waals surface area contributed by atoms with Crippen molar-refractivity contribution in [1.29, 1.82) is 0 Å². The Hall–Kier alpha value is -2.37. The molecule has 4 rings (SSSR count). The number of nitrogens with zero attached hydrogens (tertiary/aromatic N) is 1. The van der Waals surface area contributed by atoms with Gasteiger partial charge in [0.05, 0.1) is 0 Å². The molecule has 1 saturated heterocycles. The second-order valence-electron chi connectivity index (χ2n) is 7.83. The van der Waals surface area contributed by atoms with Gasteiger partial charge in [0.1, 0.15) is 6.04 Å². The molecule has 0 spiro atoms. The second-order valence-corrected chi connectivity index (χ2v) is 7.83. The number of amides is 3. The van der Waals surface area contributed by atoms with Gasteiger partial charge in [0, 0.05) is 35.8 Å². The molecule has 138 valence electrons. The van der Waals surface area contributed by atoms with Crippen molar-refractivity contribution in [2.45, 2.75) is 64.1 Å². The normalized spacial score (nSPS) is 28.7. The Kier molecular flexibility index (Phi) is 4.42. The molecule has 6 nitrogen and oxygen atoms in total. The van der Waals surface area contributed by atoms with Gasteiger partial charge in [-0.3, -0.25) is 19.7 Å². The van der Waals surface area contributed by atoms with E-state index in [4.69, 9.17) is 0 Å². The zero-order valence-electron chi connectivity index (χ0n) is 15.1. The van der Waals surface area contributed by atoms with Crippen molar-refractivity contribution in [1.82, 2.24) is 10.2 Å². The highest BCUT2D eigenvalue weighted by molar-refractivity contribution is 6.06. The number of rotatable bonds is 3. The second kappa shape index (κ2) is 6.74. The minimum absolute atomic E-state index is 0.115. The standard InChI is InChI=1S/C20H25N3O3/c1-12-5-7-13(8-6-12)21-16-4-2-3-14-15(16)11-23(20(14)26)17-9-10-18(24)22-19(17)25/h2-4,12-13,17,21H,5-11H2,1H3,(H,22,24,25). The molecule has 1 aliphatic carbocycles. The average molecular weight is 355 g/mol. The fraction of sp³-hybridized carbons (Fsp3) is 0.550. The summed E-state index contributed by atoms with van der Waals surface area (Å²) in [6.07, 6.45) is 5.43. The van der Waals surface area contributed by atoms with Crippen LogP contribution in [0.3, 0.4) is 0 Å². The summed E-state index contributed by atoms with van der Waals surface area (Å²) >= 11 is 0. The first-order valence-electron chi connectivity index (χ1n) is 9.56. The topological polar surface area (TPSA) is 78.5 Å². The molecule has 2 N–H and O–H groups in total. The summed E-state index contributed by atoms with van der Waals surface area (Å²) in [5, 5.41) is 5.98. The quantitative estimate of drug-likeness (QED) is 0.817. The zero-order valence-corrected chi connectivity index (χ0v) is 15.1. The van der Waals surface area contributed by atoms with E-state index in [2.05, 4.69) is 17.6 Å². The lowest BCUT2D eigenvalue weighted by Gasteiger charge is -2.30. The fourth-order valence-corrected chi connectivity index (χ4v) is 4.35. The molecule has 0 aromatic heterocycles. The third-order valence-corrected chi connectivity index (χ3v) is 5.96. The Morgan fingerprint density at radius 3 is 2.58 bits per heavy atom. The van der Waals surface area contributed by atoms with E-state index < -0.39 is 6.04 Å². The van der Waals surface area contributed by atoms with Crippen LogP contribution in [0.25, 0.3) is 0 Å². The van der Waals surface area contributed by atoms with Gasteiger partial charge in [0.2, 0.25) is 11.8 Å². The van der Waals surface area contributed by atoms with Crippen LogP contribution in [0.15, 0.2) is 18.2 Å². The fourth-order valence-electron chi connectivity index (χ4n) is 4.35. The highest BCUT2D eigenvalue weighted by Gasteiger charge is 2.40. The largest absolute Gasteiger partial charge is 0.382 e. The van der Waals surface area contributed by atoms with Gasteiger partial charge in [-0.25, -0.2) is 0 Å². The molecule has 26 heavy (non-hydrogen) atoms. The third-order valence-electron chi connectivity index (χ3n) is 5.96. The number of fused-ring (bicyclic) bond motifs is 1. The molecule has 3 aliphatic rings. The lowest BCUT2D eigenvalue weighted by atomic mass is 9.87. The van der Waals surface area contributed by atoms with E-state index in [9.17, 15) is 14.4 Å². The van der Waals surface area contributed by atoms with Gasteiger partial charge in [0.25, 0.3) is 5.91 Å². The van der Waals surface area contributed by atoms with Gasteiger partial charge in [-0.15, -0.1) is 0 Å². The number of benzene rings is 1. The van der Waals surface area contributed by atoms with Crippen molar-refractivity contribution < 1.29 is 14.4 Å². The first-order valence-corrected chi connectivity index (χ1v) is 9.56. The first-order chi connectivity index (χ1) is 12.5. The molecule has 2 heterocycles. The number of carbonyl (C=O) groups is 3. The first kappa shape index (κ1) is 17.1. The van der Waals surface area contributed by atoms with Crippen molar-refractivity contribution in [3.63, 3.8) is 0 Å². The molecular weight excluding hydrogens is 330 g/mol. The van der Waals surface area contributed by atoms with Crippen LogP contribution in [-0.2, 0) is 16.1 Å². The molecule has 0 radical (unpaired) electrons. The van der Waals surface area contributed by atoms with Crippen LogP contribution < -0.4 is 10.6 Å². The summed E-state index contributed by atoms with van der Waals surface area (Å²) in [5.41, 5.74) is 2.65. The van der Waals surface area contributed by atoms with Crippen molar-refractivity contribution in [2.75, 3.05) is 5.32 Å². The number of hydrogen-bond acceptors (Lipinski definition) is 4. The molecule has 1 aromatic rings. The molecule has 2 aliphatic heterocycles. The number of nitrogens with one attached hydrogen (secondary N) is 2. The molecule has 2 fully saturated rings. The van der Waals surface area contributed by atoms with Crippen LogP contribution >= 0.6 is 0 Å². The number of anilines is 1. The monoisotopic (exact) mass is 355 g/mol. The SMILES string of the molecule is CC1CCC(Nc2cccc3c2CN(C2CCC(=O)NC2=O)C3=O)CC1. The Labute approximate surface area is 153 Å². The minimum atomic E-state index is -0.559. The summed E-state index contributed by atoms with van der Waals surface area (Å²) in [4.78, 5) is 38.0. The van der Waals surface area contributed by atoms with E-state index in [0.29, 0.717) is 24.6 Å². The van der Waals surface area contributed by atoms with Crippen molar-refractivity contribution in [3.05, 3.63) is 29.3 Å². The van der Waals surface area contributed by atoms with E-state index in [1.165, 1.54) is 12.8 Å². The van der Waals surface area contributed by atoms with E-state index in [-0.39, 0.29) is 24.1 Å². The van der Waals surface area contributed by atoms with E-state index in [1.807, 2.05) is 18.2 Å². The molecule has 1 aromatic carbocycles. The van der Waals surface area contributed by atoms with Gasteiger partial charge in [-0.05, 0) is 50.2 Å². The summed E-state index contributed by atoms with van der Waals surface area (Å²) in [6, 6.07) is 5.64. The Morgan fingerprint density at radius 1 is 1.08 bits per heavy atom. The molecule has 1 saturated carbocycles. The Balaban J connectivity index is 1.52. The van der Waals surface area contributed by atoms with Crippen molar-refractivity contribution in [3.8, 4) is 0 Å². The molecular formula is C20H25N3O3. The maximum absolute atomic E-state index is 12.8. The summed E-state index contributed by atoms with van der Waals surface area (Å²) in [6.45, 7) is 2.72. The van der Waals surface area contributed by atoms with Gasteiger partial charge < -0.3 is 10.2 Å². The maximum Gasteiger partial charge on any atom is 0.255 e. The highest BCUT2D eigenvalue weighted by Crippen LogP contribution is 2.34. The number of carbonyl (C=O) groups excluding carboxylic acids is 3. The van der Waals surface area contributed by atoms with Crippen molar-refractivity contribution in [2.24, 2.45) is 5.92 Å². The van der Waals surface area contributed by atoms with Gasteiger partial charge in [-0.1, -0.05) is 13.0 Å². The summed E-state index contributed by atoms with van der Waals surface area (Å²) in [7, 11) is 0. The van der Waals surface area contributed by atoms with Crippen LogP contribution in [0.2, 0.25) is 0 Å². The van der Waals surface area contributed by atoms with E-state index in [0.717, 1.165) is 30.0 Å². The van der Waals surface area contributed by atoms with Crippen LogP contribution in [-0.4, -0.2) is 34.7 Å².